The molecule has 1 fully saturated rings. The van der Waals surface area contributed by atoms with E-state index in [1.165, 1.54) is 7.11 Å². The molecule has 0 spiro atoms. The standard InChI is InChI=1S/C19H24ClN3O3/c1-12-7-9-23(10-8-12)11-15-16(18(24)26-2)17(22-19(25)21-15)13-5-3-4-6-14(13)20/h3-6,12,17H,7-11H2,1-2H3,(H2,21,22,25)/t17-/m1/s1. The summed E-state index contributed by atoms with van der Waals surface area (Å²) < 4.78 is 5.00. The summed E-state index contributed by atoms with van der Waals surface area (Å²) in [5.41, 5.74) is 1.66. The number of methoxy groups -OCH3 is 1. The molecule has 1 aromatic rings. The van der Waals surface area contributed by atoms with Gasteiger partial charge in [0.15, 0.2) is 0 Å². The molecule has 140 valence electrons. The van der Waals surface area contributed by atoms with E-state index in [0.29, 0.717) is 34.3 Å². The minimum absolute atomic E-state index is 0.344. The molecule has 3 rings (SSSR count). The van der Waals surface area contributed by atoms with Crippen molar-refractivity contribution in [2.45, 2.75) is 25.8 Å². The lowest BCUT2D eigenvalue weighted by atomic mass is 9.94. The van der Waals surface area contributed by atoms with Crippen LogP contribution in [0.4, 0.5) is 4.79 Å². The number of carbonyl (C=O) groups is 2. The highest BCUT2D eigenvalue weighted by Gasteiger charge is 2.35. The van der Waals surface area contributed by atoms with Crippen LogP contribution in [0.3, 0.4) is 0 Å². The largest absolute Gasteiger partial charge is 0.466 e. The third-order valence-corrected chi connectivity index (χ3v) is 5.38. The molecule has 2 aliphatic rings. The molecule has 0 radical (unpaired) electrons. The summed E-state index contributed by atoms with van der Waals surface area (Å²) in [6, 6.07) is 6.21. The Labute approximate surface area is 158 Å². The number of piperidine rings is 1. The summed E-state index contributed by atoms with van der Waals surface area (Å²) in [5.74, 6) is 0.238. The second kappa shape index (κ2) is 8.10. The van der Waals surface area contributed by atoms with Crippen molar-refractivity contribution >= 4 is 23.6 Å². The van der Waals surface area contributed by atoms with Crippen LogP contribution in [0.5, 0.6) is 0 Å². The molecule has 0 aromatic heterocycles. The molecule has 0 saturated carbocycles. The van der Waals surface area contributed by atoms with Crippen LogP contribution < -0.4 is 10.6 Å². The molecule has 2 amide bonds. The molecule has 1 atom stereocenters. The van der Waals surface area contributed by atoms with E-state index in [-0.39, 0.29) is 6.03 Å². The first kappa shape index (κ1) is 18.7. The van der Waals surface area contributed by atoms with Gasteiger partial charge in [-0.2, -0.15) is 0 Å². The van der Waals surface area contributed by atoms with Crippen molar-refractivity contribution in [3.8, 4) is 0 Å². The molecule has 2 aliphatic heterocycles. The second-order valence-corrected chi connectivity index (χ2v) is 7.30. The Balaban J connectivity index is 1.96. The molecule has 2 N–H and O–H groups in total. The predicted molar refractivity (Wildman–Crippen MR) is 99.7 cm³/mol. The van der Waals surface area contributed by atoms with Crippen molar-refractivity contribution in [1.29, 1.82) is 0 Å². The summed E-state index contributed by atoms with van der Waals surface area (Å²) in [7, 11) is 1.34. The van der Waals surface area contributed by atoms with Gasteiger partial charge < -0.3 is 15.4 Å². The summed E-state index contributed by atoms with van der Waals surface area (Å²) in [6.07, 6.45) is 2.22. The number of nitrogens with one attached hydrogen (secondary N) is 2. The minimum atomic E-state index is -0.636. The molecule has 26 heavy (non-hydrogen) atoms. The highest BCUT2D eigenvalue weighted by atomic mass is 35.5. The van der Waals surface area contributed by atoms with Crippen molar-refractivity contribution in [3.05, 3.63) is 46.1 Å². The van der Waals surface area contributed by atoms with E-state index in [1.807, 2.05) is 18.2 Å². The van der Waals surface area contributed by atoms with Gasteiger partial charge in [0.2, 0.25) is 0 Å². The van der Waals surface area contributed by atoms with E-state index >= 15 is 0 Å². The van der Waals surface area contributed by atoms with Crippen LogP contribution in [0.15, 0.2) is 35.5 Å². The fraction of sp³-hybridized carbons (Fsp3) is 0.474. The van der Waals surface area contributed by atoms with E-state index in [9.17, 15) is 9.59 Å². The first-order valence-electron chi connectivity index (χ1n) is 8.85. The second-order valence-electron chi connectivity index (χ2n) is 6.90. The fourth-order valence-electron chi connectivity index (χ4n) is 3.48. The lowest BCUT2D eigenvalue weighted by molar-refractivity contribution is -0.136. The summed E-state index contributed by atoms with van der Waals surface area (Å²) in [6.45, 7) is 4.64. The van der Waals surface area contributed by atoms with Crippen LogP contribution in [0.25, 0.3) is 0 Å². The number of ether oxygens (including phenoxy) is 1. The van der Waals surface area contributed by atoms with Gasteiger partial charge in [0.05, 0.1) is 18.7 Å². The predicted octanol–water partition coefficient (Wildman–Crippen LogP) is 2.85. The summed E-state index contributed by atoms with van der Waals surface area (Å²) in [5, 5.41) is 6.10. The van der Waals surface area contributed by atoms with Gasteiger partial charge >= 0.3 is 12.0 Å². The molecule has 1 saturated heterocycles. The van der Waals surface area contributed by atoms with Crippen LogP contribution in [0.1, 0.15) is 31.4 Å². The van der Waals surface area contributed by atoms with E-state index in [1.54, 1.807) is 6.07 Å². The number of hydrogen-bond acceptors (Lipinski definition) is 4. The fourth-order valence-corrected chi connectivity index (χ4v) is 3.72. The van der Waals surface area contributed by atoms with Crippen LogP contribution >= 0.6 is 11.6 Å². The number of nitrogens with zero attached hydrogens (tertiary/aromatic N) is 1. The Morgan fingerprint density at radius 3 is 2.65 bits per heavy atom. The molecular weight excluding hydrogens is 354 g/mol. The van der Waals surface area contributed by atoms with Gasteiger partial charge in [-0.15, -0.1) is 0 Å². The molecule has 0 bridgehead atoms. The molecule has 1 aromatic carbocycles. The smallest absolute Gasteiger partial charge is 0.338 e. The van der Waals surface area contributed by atoms with Crippen molar-refractivity contribution in [3.63, 3.8) is 0 Å². The summed E-state index contributed by atoms with van der Waals surface area (Å²) in [4.78, 5) is 27.0. The number of amides is 2. The first-order valence-corrected chi connectivity index (χ1v) is 9.23. The van der Waals surface area contributed by atoms with Crippen LogP contribution in [0, 0.1) is 5.92 Å². The Morgan fingerprint density at radius 2 is 2.00 bits per heavy atom. The number of rotatable bonds is 4. The third kappa shape index (κ3) is 4.02. The maximum Gasteiger partial charge on any atom is 0.338 e. The highest BCUT2D eigenvalue weighted by Crippen LogP contribution is 2.32. The monoisotopic (exact) mass is 377 g/mol. The highest BCUT2D eigenvalue weighted by molar-refractivity contribution is 6.31. The average Bonchev–Trinajstić information content (AvgIpc) is 2.63. The van der Waals surface area contributed by atoms with Gasteiger partial charge in [0.1, 0.15) is 0 Å². The lowest BCUT2D eigenvalue weighted by Gasteiger charge is -2.34. The topological polar surface area (TPSA) is 70.7 Å². The zero-order chi connectivity index (χ0) is 18.7. The van der Waals surface area contributed by atoms with Crippen LogP contribution in [-0.4, -0.2) is 43.6 Å². The number of esters is 1. The molecule has 0 aliphatic carbocycles. The molecule has 7 heteroatoms. The number of likely N-dealkylation sites (tertiary alicyclic amines) is 1. The first-order chi connectivity index (χ1) is 12.5. The quantitative estimate of drug-likeness (QED) is 0.791. The normalized spacial score (nSPS) is 22.0. The van der Waals surface area contributed by atoms with E-state index in [0.717, 1.165) is 25.9 Å². The van der Waals surface area contributed by atoms with Crippen LogP contribution in [-0.2, 0) is 9.53 Å². The maximum atomic E-state index is 12.5. The van der Waals surface area contributed by atoms with E-state index < -0.39 is 12.0 Å². The Hall–Kier alpha value is -2.05. The number of hydrogen-bond donors (Lipinski definition) is 2. The van der Waals surface area contributed by atoms with Gasteiger partial charge in [-0.1, -0.05) is 36.7 Å². The zero-order valence-electron chi connectivity index (χ0n) is 15.0. The molecule has 2 heterocycles. The zero-order valence-corrected chi connectivity index (χ0v) is 15.8. The van der Waals surface area contributed by atoms with Gasteiger partial charge in [0.25, 0.3) is 0 Å². The molecule has 6 nitrogen and oxygen atoms in total. The SMILES string of the molecule is COC(=O)C1=C(CN2CCC(C)CC2)NC(=O)N[C@@H]1c1ccccc1Cl. The van der Waals surface area contributed by atoms with Gasteiger partial charge in [-0.3, -0.25) is 4.90 Å². The third-order valence-electron chi connectivity index (χ3n) is 5.03. The number of halogens is 1. The van der Waals surface area contributed by atoms with Crippen molar-refractivity contribution in [2.75, 3.05) is 26.7 Å². The number of benzene rings is 1. The molecular formula is C19H24ClN3O3. The van der Waals surface area contributed by atoms with Gasteiger partial charge in [-0.05, 0) is 43.5 Å². The Bertz CT molecular complexity index is 726. The Kier molecular flexibility index (Phi) is 5.84. The number of carbonyl (C=O) groups excluding carboxylic acids is 2. The number of urea groups is 1. The van der Waals surface area contributed by atoms with Crippen molar-refractivity contribution < 1.29 is 14.3 Å². The molecule has 0 unspecified atom stereocenters. The van der Waals surface area contributed by atoms with Crippen LogP contribution in [0.2, 0.25) is 5.02 Å². The maximum absolute atomic E-state index is 12.5. The van der Waals surface area contributed by atoms with Crippen molar-refractivity contribution in [2.24, 2.45) is 5.92 Å². The average molecular weight is 378 g/mol. The lowest BCUT2D eigenvalue weighted by Crippen LogP contribution is -2.49. The minimum Gasteiger partial charge on any atom is -0.466 e. The Morgan fingerprint density at radius 1 is 1.31 bits per heavy atom. The van der Waals surface area contributed by atoms with Gasteiger partial charge in [0, 0.05) is 17.3 Å². The van der Waals surface area contributed by atoms with E-state index in [2.05, 4.69) is 22.5 Å². The summed E-state index contributed by atoms with van der Waals surface area (Å²) >= 11 is 6.32. The van der Waals surface area contributed by atoms with E-state index in [4.69, 9.17) is 16.3 Å². The van der Waals surface area contributed by atoms with Gasteiger partial charge in [-0.25, -0.2) is 9.59 Å². The van der Waals surface area contributed by atoms with Crippen molar-refractivity contribution in [1.82, 2.24) is 15.5 Å².